The van der Waals surface area contributed by atoms with Gasteiger partial charge < -0.3 is 0 Å². The minimum Gasteiger partial charge on any atom is -0.0654 e. The lowest BCUT2D eigenvalue weighted by molar-refractivity contribution is 0.466. The van der Waals surface area contributed by atoms with Crippen LogP contribution in [0.3, 0.4) is 0 Å². The largest absolute Gasteiger partial charge is 0.0654 e. The molecule has 1 unspecified atom stereocenters. The third kappa shape index (κ3) is 28.0. The first-order valence-electron chi connectivity index (χ1n) is 15.6. The number of hydrogen-bond donors (Lipinski definition) is 0. The van der Waals surface area contributed by atoms with Crippen molar-refractivity contribution in [1.29, 1.82) is 0 Å². The fraction of sp³-hybridized carbons (Fsp3) is 0.969. The second kappa shape index (κ2) is 29.0. The second-order valence-corrected chi connectivity index (χ2v) is 11.0. The van der Waals surface area contributed by atoms with Gasteiger partial charge in [-0.15, -0.1) is 0 Å². The Balaban J connectivity index is 3.13. The summed E-state index contributed by atoms with van der Waals surface area (Å²) in [4.78, 5) is 0. The molecule has 0 N–H and O–H groups in total. The molecule has 0 bridgehead atoms. The highest BCUT2D eigenvalue weighted by Gasteiger charge is 2.02. The van der Waals surface area contributed by atoms with Gasteiger partial charge in [0.2, 0.25) is 0 Å². The first-order chi connectivity index (χ1) is 15.8. The summed E-state index contributed by atoms with van der Waals surface area (Å²) in [6.45, 7) is 7.08. The molecule has 32 heavy (non-hydrogen) atoms. The van der Waals surface area contributed by atoms with Crippen LogP contribution < -0.4 is 0 Å². The van der Waals surface area contributed by atoms with Gasteiger partial charge in [-0.1, -0.05) is 188 Å². The molecule has 0 aliphatic heterocycles. The average Bonchev–Trinajstić information content (AvgIpc) is 2.80. The Bertz CT molecular complexity index is 307. The summed E-state index contributed by atoms with van der Waals surface area (Å²) < 4.78 is 0. The molecule has 0 spiro atoms. The Morgan fingerprint density at radius 1 is 0.406 bits per heavy atom. The van der Waals surface area contributed by atoms with Gasteiger partial charge in [-0.3, -0.25) is 0 Å². The molecule has 1 atom stereocenters. The molecule has 0 aromatic rings. The molecule has 0 aromatic carbocycles. The van der Waals surface area contributed by atoms with E-state index in [-0.39, 0.29) is 0 Å². The maximum absolute atomic E-state index is 2.60. The van der Waals surface area contributed by atoms with Crippen LogP contribution in [-0.2, 0) is 0 Å². The third-order valence-electron chi connectivity index (χ3n) is 7.38. The summed E-state index contributed by atoms with van der Waals surface area (Å²) in [6, 6.07) is 0. The first kappa shape index (κ1) is 32.0. The van der Waals surface area contributed by atoms with Gasteiger partial charge in [-0.05, 0) is 18.8 Å². The lowest BCUT2D eigenvalue weighted by atomic mass is 9.95. The highest BCUT2D eigenvalue weighted by atomic mass is 14.1. The molecule has 193 valence electrons. The first-order valence-corrected chi connectivity index (χ1v) is 15.6. The molecule has 0 aliphatic carbocycles. The van der Waals surface area contributed by atoms with Crippen LogP contribution in [0.4, 0.5) is 0 Å². The van der Waals surface area contributed by atoms with Crippen LogP contribution in [0.1, 0.15) is 194 Å². The van der Waals surface area contributed by atoms with Crippen molar-refractivity contribution in [3.05, 3.63) is 6.42 Å². The molecular weight excluding hydrogens is 384 g/mol. The average molecular weight is 450 g/mol. The molecule has 0 rings (SSSR count). The SMILES string of the molecule is CCCCCCCCCCCC[CH]CC(C)CCCCCCCCCCCCCCCC. The van der Waals surface area contributed by atoms with Crippen LogP contribution in [0.15, 0.2) is 0 Å². The van der Waals surface area contributed by atoms with Gasteiger partial charge in [-0.25, -0.2) is 0 Å². The van der Waals surface area contributed by atoms with E-state index in [2.05, 4.69) is 27.2 Å². The van der Waals surface area contributed by atoms with Crippen LogP contribution in [0.5, 0.6) is 0 Å². The van der Waals surface area contributed by atoms with E-state index in [0.717, 1.165) is 5.92 Å². The van der Waals surface area contributed by atoms with Crippen molar-refractivity contribution in [3.8, 4) is 0 Å². The number of rotatable bonds is 28. The summed E-state index contributed by atoms with van der Waals surface area (Å²) in [5.41, 5.74) is 0. The number of unbranched alkanes of at least 4 members (excludes halogenated alkanes) is 24. The molecule has 0 saturated carbocycles. The maximum Gasteiger partial charge on any atom is -0.0383 e. The molecule has 0 fully saturated rings. The lowest BCUT2D eigenvalue weighted by Crippen LogP contribution is -1.95. The predicted octanol–water partition coefficient (Wildman–Crippen LogP) is 12.4. The van der Waals surface area contributed by atoms with Crippen LogP contribution >= 0.6 is 0 Å². The van der Waals surface area contributed by atoms with Crippen molar-refractivity contribution in [2.75, 3.05) is 0 Å². The van der Waals surface area contributed by atoms with E-state index >= 15 is 0 Å². The molecule has 0 heteroatoms. The molecule has 0 amide bonds. The normalized spacial score (nSPS) is 12.5. The van der Waals surface area contributed by atoms with Crippen LogP contribution in [0.25, 0.3) is 0 Å². The Hall–Kier alpha value is 0. The van der Waals surface area contributed by atoms with E-state index in [1.165, 1.54) is 173 Å². The Morgan fingerprint density at radius 3 is 1.09 bits per heavy atom. The minimum absolute atomic E-state index is 0.912. The van der Waals surface area contributed by atoms with E-state index in [4.69, 9.17) is 0 Å². The number of hydrogen-bond acceptors (Lipinski definition) is 0. The van der Waals surface area contributed by atoms with Gasteiger partial charge in [-0.2, -0.15) is 0 Å². The zero-order valence-corrected chi connectivity index (χ0v) is 23.2. The quantitative estimate of drug-likeness (QED) is 0.104. The lowest BCUT2D eigenvalue weighted by Gasteiger charge is -2.11. The zero-order chi connectivity index (χ0) is 23.4. The van der Waals surface area contributed by atoms with Gasteiger partial charge in [0, 0.05) is 0 Å². The smallest absolute Gasteiger partial charge is 0.0383 e. The van der Waals surface area contributed by atoms with Gasteiger partial charge in [0.1, 0.15) is 0 Å². The van der Waals surface area contributed by atoms with Crippen molar-refractivity contribution in [1.82, 2.24) is 0 Å². The van der Waals surface area contributed by atoms with E-state index in [1.807, 2.05) is 0 Å². The fourth-order valence-corrected chi connectivity index (χ4v) is 4.98. The van der Waals surface area contributed by atoms with Crippen molar-refractivity contribution in [3.63, 3.8) is 0 Å². The molecule has 0 heterocycles. The minimum atomic E-state index is 0.912. The molecular formula is C32H65. The predicted molar refractivity (Wildman–Crippen MR) is 149 cm³/mol. The Labute approximate surface area is 206 Å². The van der Waals surface area contributed by atoms with E-state index in [0.29, 0.717) is 0 Å². The highest BCUT2D eigenvalue weighted by Crippen LogP contribution is 2.19. The summed E-state index contributed by atoms with van der Waals surface area (Å²) >= 11 is 0. The summed E-state index contributed by atoms with van der Waals surface area (Å²) in [5.74, 6) is 0.912. The standard InChI is InChI=1S/C32H65/c1-4-6-8-10-12-14-16-18-19-21-23-25-27-29-31-32(3)30-28-26-24-22-20-17-15-13-11-9-7-5-2/h28,32H,4-27,29-31H2,1-3H3. The van der Waals surface area contributed by atoms with Crippen molar-refractivity contribution in [2.24, 2.45) is 5.92 Å². The summed E-state index contributed by atoms with van der Waals surface area (Å²) in [6.07, 6.45) is 41.8. The second-order valence-electron chi connectivity index (χ2n) is 11.0. The van der Waals surface area contributed by atoms with Crippen LogP contribution in [0.2, 0.25) is 0 Å². The van der Waals surface area contributed by atoms with Gasteiger partial charge in [0.05, 0.1) is 0 Å². The van der Waals surface area contributed by atoms with Gasteiger partial charge in [0.15, 0.2) is 0 Å². The zero-order valence-electron chi connectivity index (χ0n) is 23.2. The van der Waals surface area contributed by atoms with Gasteiger partial charge in [0.25, 0.3) is 0 Å². The highest BCUT2D eigenvalue weighted by molar-refractivity contribution is 4.69. The Kier molecular flexibility index (Phi) is 29.0. The molecule has 0 saturated heterocycles. The fourth-order valence-electron chi connectivity index (χ4n) is 4.98. The van der Waals surface area contributed by atoms with Crippen LogP contribution in [0, 0.1) is 12.3 Å². The molecule has 1 radical (unpaired) electrons. The van der Waals surface area contributed by atoms with Crippen molar-refractivity contribution < 1.29 is 0 Å². The molecule has 0 nitrogen and oxygen atoms in total. The Morgan fingerprint density at radius 2 is 0.719 bits per heavy atom. The van der Waals surface area contributed by atoms with Crippen molar-refractivity contribution >= 4 is 0 Å². The van der Waals surface area contributed by atoms with Gasteiger partial charge >= 0.3 is 0 Å². The van der Waals surface area contributed by atoms with E-state index in [9.17, 15) is 0 Å². The third-order valence-corrected chi connectivity index (χ3v) is 7.38. The van der Waals surface area contributed by atoms with E-state index in [1.54, 1.807) is 0 Å². The molecule has 0 aliphatic rings. The van der Waals surface area contributed by atoms with E-state index < -0.39 is 0 Å². The topological polar surface area (TPSA) is 0 Å². The van der Waals surface area contributed by atoms with Crippen LogP contribution in [-0.4, -0.2) is 0 Å². The molecule has 0 aromatic heterocycles. The maximum atomic E-state index is 2.60. The van der Waals surface area contributed by atoms with Crippen molar-refractivity contribution in [2.45, 2.75) is 194 Å². The summed E-state index contributed by atoms with van der Waals surface area (Å²) in [7, 11) is 0. The monoisotopic (exact) mass is 450 g/mol. The summed E-state index contributed by atoms with van der Waals surface area (Å²) in [5, 5.41) is 0.